The number of hydrogen-bond donors (Lipinski definition) is 2. The summed E-state index contributed by atoms with van der Waals surface area (Å²) >= 11 is 12.7. The number of halogens is 3. The van der Waals surface area contributed by atoms with Crippen LogP contribution in [0, 0.1) is 24.1 Å². The number of nitrogens with zero attached hydrogens (tertiary/aromatic N) is 1. The molecule has 0 aliphatic carbocycles. The number of carbonyl (C=O) groups is 2. The molecule has 37 heavy (non-hydrogen) atoms. The highest BCUT2D eigenvalue weighted by molar-refractivity contribution is 6.31. The summed E-state index contributed by atoms with van der Waals surface area (Å²) in [5.41, 5.74) is 1.54. The molecule has 1 saturated heterocycles. The second-order valence-electron chi connectivity index (χ2n) is 9.21. The minimum Gasteiger partial charge on any atom is -0.492 e. The van der Waals surface area contributed by atoms with Crippen LogP contribution >= 0.6 is 23.2 Å². The fraction of sp³-hybridized carbons (Fsp3) is 0.250. The molecule has 0 radical (unpaired) electrons. The summed E-state index contributed by atoms with van der Waals surface area (Å²) in [4.78, 5) is 27.4. The number of aryl methyl sites for hydroxylation is 1. The molecule has 188 valence electrons. The van der Waals surface area contributed by atoms with Crippen molar-refractivity contribution in [1.29, 1.82) is 5.26 Å². The summed E-state index contributed by atoms with van der Waals surface area (Å²) in [7, 11) is 0. The number of carbonyl (C=O) groups excluding carboxylic acids is 2. The molecular weight excluding hydrogens is 516 g/mol. The van der Waals surface area contributed by atoms with E-state index in [9.17, 15) is 14.0 Å². The lowest BCUT2D eigenvalue weighted by atomic mass is 9.59. The Kier molecular flexibility index (Phi) is 6.57. The summed E-state index contributed by atoms with van der Waals surface area (Å²) in [6, 6.07) is 15.6. The van der Waals surface area contributed by atoms with Gasteiger partial charge in [-0.3, -0.25) is 9.59 Å². The Hall–Kier alpha value is -3.60. The van der Waals surface area contributed by atoms with Crippen molar-refractivity contribution in [1.82, 2.24) is 5.32 Å². The van der Waals surface area contributed by atoms with E-state index in [1.54, 1.807) is 42.5 Å². The van der Waals surface area contributed by atoms with Crippen LogP contribution in [0.2, 0.25) is 10.0 Å². The van der Waals surface area contributed by atoms with Gasteiger partial charge in [0.1, 0.15) is 23.6 Å². The number of piperidine rings is 1. The number of ether oxygens (including phenoxy) is 1. The number of anilines is 1. The number of nitriles is 1. The third-order valence-corrected chi connectivity index (χ3v) is 7.59. The lowest BCUT2D eigenvalue weighted by molar-refractivity contribution is -0.131. The second-order valence-corrected chi connectivity index (χ2v) is 10.1. The molecule has 2 amide bonds. The molecule has 5 rings (SSSR count). The maximum absolute atomic E-state index is 14.5. The van der Waals surface area contributed by atoms with Gasteiger partial charge in [0.15, 0.2) is 0 Å². The predicted molar refractivity (Wildman–Crippen MR) is 138 cm³/mol. The van der Waals surface area contributed by atoms with Crippen LogP contribution < -0.4 is 15.4 Å². The van der Waals surface area contributed by atoms with Crippen LogP contribution in [0.4, 0.5) is 10.1 Å². The molecule has 2 aliphatic heterocycles. The molecule has 3 aromatic carbocycles. The molecule has 0 bridgehead atoms. The molecule has 2 heterocycles. The average molecular weight is 538 g/mol. The minimum absolute atomic E-state index is 0.0463. The van der Waals surface area contributed by atoms with E-state index in [0.29, 0.717) is 38.2 Å². The molecule has 3 aromatic rings. The van der Waals surface area contributed by atoms with Crippen molar-refractivity contribution in [3.05, 3.63) is 92.7 Å². The molecule has 9 heteroatoms. The minimum atomic E-state index is -1.37. The zero-order valence-electron chi connectivity index (χ0n) is 19.8. The quantitative estimate of drug-likeness (QED) is 0.392. The van der Waals surface area contributed by atoms with Gasteiger partial charge in [-0.05, 0) is 66.1 Å². The van der Waals surface area contributed by atoms with Crippen molar-refractivity contribution in [2.75, 3.05) is 11.9 Å². The highest BCUT2D eigenvalue weighted by atomic mass is 35.5. The number of amides is 2. The highest BCUT2D eigenvalue weighted by Gasteiger charge is 2.61. The van der Waals surface area contributed by atoms with Crippen LogP contribution in [0.5, 0.6) is 5.75 Å². The normalized spacial score (nSPS) is 22.2. The van der Waals surface area contributed by atoms with E-state index in [1.807, 2.05) is 13.0 Å². The van der Waals surface area contributed by atoms with Gasteiger partial charge in [-0.25, -0.2) is 4.39 Å². The van der Waals surface area contributed by atoms with Gasteiger partial charge < -0.3 is 15.4 Å². The Labute approximate surface area is 223 Å². The van der Waals surface area contributed by atoms with Crippen LogP contribution in [-0.2, 0) is 15.0 Å². The molecule has 1 fully saturated rings. The smallest absolute Gasteiger partial charge is 0.238 e. The van der Waals surface area contributed by atoms with E-state index < -0.39 is 23.2 Å². The molecule has 2 aliphatic rings. The molecule has 0 aromatic heterocycles. The number of nitrogens with one attached hydrogen (secondary N) is 2. The van der Waals surface area contributed by atoms with Crippen molar-refractivity contribution in [3.8, 4) is 11.8 Å². The van der Waals surface area contributed by atoms with Gasteiger partial charge in [0.2, 0.25) is 11.8 Å². The van der Waals surface area contributed by atoms with E-state index >= 15 is 0 Å². The fourth-order valence-electron chi connectivity index (χ4n) is 5.57. The summed E-state index contributed by atoms with van der Waals surface area (Å²) in [5.74, 6) is -1.45. The third-order valence-electron chi connectivity index (χ3n) is 7.12. The molecule has 0 saturated carbocycles. The van der Waals surface area contributed by atoms with Crippen molar-refractivity contribution < 1.29 is 18.7 Å². The highest BCUT2D eigenvalue weighted by Crippen LogP contribution is 2.59. The topological polar surface area (TPSA) is 91.2 Å². The lowest BCUT2D eigenvalue weighted by Crippen LogP contribution is -2.57. The lowest BCUT2D eigenvalue weighted by Gasteiger charge is -2.47. The monoisotopic (exact) mass is 537 g/mol. The maximum atomic E-state index is 14.5. The zero-order chi connectivity index (χ0) is 26.3. The van der Waals surface area contributed by atoms with Gasteiger partial charge in [0.05, 0.1) is 18.5 Å². The fourth-order valence-corrected chi connectivity index (χ4v) is 5.93. The Bertz CT molecular complexity index is 1470. The number of fused-ring (bicyclic) bond motifs is 2. The summed E-state index contributed by atoms with van der Waals surface area (Å²) in [6.45, 7) is 1.94. The van der Waals surface area contributed by atoms with Gasteiger partial charge in [-0.15, -0.1) is 0 Å². The SMILES string of the molecule is Cc1ccc(F)cc1[C@@H]1NC(=O)C[C@H](c2cc(Cl)ccc2OCCC#N)C12C(=O)Nc1cc(Cl)ccc12. The van der Waals surface area contributed by atoms with Crippen LogP contribution in [0.1, 0.15) is 47.1 Å². The second kappa shape index (κ2) is 9.70. The summed E-state index contributed by atoms with van der Waals surface area (Å²) in [6.07, 6.45) is 0.112. The first-order valence-electron chi connectivity index (χ1n) is 11.7. The Morgan fingerprint density at radius 2 is 1.84 bits per heavy atom. The average Bonchev–Trinajstić information content (AvgIpc) is 3.14. The van der Waals surface area contributed by atoms with Crippen LogP contribution in [0.3, 0.4) is 0 Å². The molecule has 1 spiro atoms. The van der Waals surface area contributed by atoms with Crippen molar-refractivity contribution in [2.24, 2.45) is 0 Å². The van der Waals surface area contributed by atoms with Crippen molar-refractivity contribution >= 4 is 40.7 Å². The van der Waals surface area contributed by atoms with Crippen LogP contribution in [-0.4, -0.2) is 18.4 Å². The molecule has 6 nitrogen and oxygen atoms in total. The summed E-state index contributed by atoms with van der Waals surface area (Å²) in [5, 5.41) is 15.8. The molecule has 3 atom stereocenters. The third kappa shape index (κ3) is 4.20. The van der Waals surface area contributed by atoms with E-state index in [1.165, 1.54) is 12.1 Å². The Morgan fingerprint density at radius 1 is 1.08 bits per heavy atom. The first kappa shape index (κ1) is 25.1. The standard InChI is InChI=1S/C28H22Cl2FN3O3/c1-15-3-6-18(31)13-19(15)26-28(21-7-4-17(30)12-23(21)33-27(28)36)22(14-25(35)34-26)20-11-16(29)5-8-24(20)37-10-2-9-32/h3-8,11-13,22,26H,2,10,14H2,1H3,(H,33,36)(H,34,35)/t22-,26+,28?/m1/s1. The summed E-state index contributed by atoms with van der Waals surface area (Å²) < 4.78 is 20.5. The van der Waals surface area contributed by atoms with Gasteiger partial charge >= 0.3 is 0 Å². The van der Waals surface area contributed by atoms with Crippen LogP contribution in [0.25, 0.3) is 0 Å². The van der Waals surface area contributed by atoms with E-state index in [2.05, 4.69) is 10.6 Å². The van der Waals surface area contributed by atoms with E-state index in [0.717, 1.165) is 5.56 Å². The molecule has 1 unspecified atom stereocenters. The Morgan fingerprint density at radius 3 is 2.62 bits per heavy atom. The zero-order valence-corrected chi connectivity index (χ0v) is 21.3. The van der Waals surface area contributed by atoms with Crippen molar-refractivity contribution in [3.63, 3.8) is 0 Å². The molecule has 2 N–H and O–H groups in total. The maximum Gasteiger partial charge on any atom is 0.238 e. The molecular formula is C28H22Cl2FN3O3. The van der Waals surface area contributed by atoms with Gasteiger partial charge in [0, 0.05) is 33.6 Å². The Balaban J connectivity index is 1.80. The van der Waals surface area contributed by atoms with Crippen LogP contribution in [0.15, 0.2) is 54.6 Å². The van der Waals surface area contributed by atoms with Crippen molar-refractivity contribution in [2.45, 2.75) is 37.1 Å². The van der Waals surface area contributed by atoms with Gasteiger partial charge in [-0.1, -0.05) is 35.3 Å². The first-order valence-corrected chi connectivity index (χ1v) is 12.5. The number of rotatable bonds is 5. The van der Waals surface area contributed by atoms with E-state index in [4.69, 9.17) is 33.2 Å². The number of benzene rings is 3. The largest absolute Gasteiger partial charge is 0.492 e. The predicted octanol–water partition coefficient (Wildman–Crippen LogP) is 5.97. The van der Waals surface area contributed by atoms with Gasteiger partial charge in [0.25, 0.3) is 0 Å². The van der Waals surface area contributed by atoms with Gasteiger partial charge in [-0.2, -0.15) is 5.26 Å². The first-order chi connectivity index (χ1) is 17.7. The van der Waals surface area contributed by atoms with E-state index in [-0.39, 0.29) is 31.3 Å². The number of hydrogen-bond acceptors (Lipinski definition) is 4.